The molecule has 0 saturated carbocycles. The predicted octanol–water partition coefficient (Wildman–Crippen LogP) is 4.05. The standard InChI is InChI=1S/C17H18Cl2N2/c18-15-7-6-14(10-16(15)19)17(20)8-9-21(12-17)11-13-4-2-1-3-5-13/h1-7,10H,8-9,11-12,20H2. The van der Waals surface area contributed by atoms with E-state index >= 15 is 0 Å². The summed E-state index contributed by atoms with van der Waals surface area (Å²) in [6.07, 6.45) is 0.928. The van der Waals surface area contributed by atoms with Crippen LogP contribution in [-0.4, -0.2) is 18.0 Å². The van der Waals surface area contributed by atoms with Crippen molar-refractivity contribution in [2.24, 2.45) is 5.73 Å². The second-order valence-corrected chi connectivity index (χ2v) is 6.55. The third-order valence-corrected chi connectivity index (χ3v) is 4.86. The molecule has 1 unspecified atom stereocenters. The summed E-state index contributed by atoms with van der Waals surface area (Å²) in [5.41, 5.74) is 8.63. The topological polar surface area (TPSA) is 29.3 Å². The molecule has 3 rings (SSSR count). The number of nitrogens with two attached hydrogens (primary N) is 1. The molecule has 0 radical (unpaired) electrons. The highest BCUT2D eigenvalue weighted by Crippen LogP contribution is 2.33. The summed E-state index contributed by atoms with van der Waals surface area (Å²) in [6, 6.07) is 16.2. The van der Waals surface area contributed by atoms with Crippen molar-refractivity contribution in [2.45, 2.75) is 18.5 Å². The van der Waals surface area contributed by atoms with Crippen molar-refractivity contribution in [3.63, 3.8) is 0 Å². The van der Waals surface area contributed by atoms with Crippen LogP contribution in [0, 0.1) is 0 Å². The summed E-state index contributed by atoms with van der Waals surface area (Å²) in [5, 5.41) is 1.14. The number of hydrogen-bond donors (Lipinski definition) is 1. The average Bonchev–Trinajstić information content (AvgIpc) is 2.85. The van der Waals surface area contributed by atoms with Crippen molar-refractivity contribution < 1.29 is 0 Å². The molecule has 1 aliphatic rings. The Labute approximate surface area is 135 Å². The Morgan fingerprint density at radius 2 is 1.81 bits per heavy atom. The van der Waals surface area contributed by atoms with E-state index in [1.54, 1.807) is 0 Å². The molecular formula is C17H18Cl2N2. The minimum Gasteiger partial charge on any atom is -0.320 e. The van der Waals surface area contributed by atoms with Gasteiger partial charge in [0.15, 0.2) is 0 Å². The quantitative estimate of drug-likeness (QED) is 0.924. The molecule has 2 aromatic rings. The predicted molar refractivity (Wildman–Crippen MR) is 88.7 cm³/mol. The van der Waals surface area contributed by atoms with Gasteiger partial charge in [-0.25, -0.2) is 0 Å². The van der Waals surface area contributed by atoms with E-state index in [-0.39, 0.29) is 5.54 Å². The summed E-state index contributed by atoms with van der Waals surface area (Å²) in [7, 11) is 0. The molecule has 1 saturated heterocycles. The van der Waals surface area contributed by atoms with E-state index in [1.165, 1.54) is 5.56 Å². The summed E-state index contributed by atoms with van der Waals surface area (Å²) in [6.45, 7) is 2.76. The lowest BCUT2D eigenvalue weighted by Crippen LogP contribution is -2.39. The monoisotopic (exact) mass is 320 g/mol. The van der Waals surface area contributed by atoms with Gasteiger partial charge in [-0.05, 0) is 29.7 Å². The van der Waals surface area contributed by atoms with Gasteiger partial charge in [0, 0.05) is 19.6 Å². The smallest absolute Gasteiger partial charge is 0.0595 e. The zero-order valence-electron chi connectivity index (χ0n) is 11.7. The molecule has 1 fully saturated rings. The summed E-state index contributed by atoms with van der Waals surface area (Å²) in [5.74, 6) is 0. The summed E-state index contributed by atoms with van der Waals surface area (Å²) < 4.78 is 0. The zero-order valence-corrected chi connectivity index (χ0v) is 13.2. The maximum atomic E-state index is 6.60. The van der Waals surface area contributed by atoms with E-state index in [0.717, 1.165) is 31.6 Å². The first-order chi connectivity index (χ1) is 10.1. The normalized spacial score (nSPS) is 22.6. The van der Waals surface area contributed by atoms with Gasteiger partial charge in [0.2, 0.25) is 0 Å². The lowest BCUT2D eigenvalue weighted by Gasteiger charge is -2.26. The van der Waals surface area contributed by atoms with Gasteiger partial charge >= 0.3 is 0 Å². The second kappa shape index (κ2) is 5.98. The average molecular weight is 321 g/mol. The highest BCUT2D eigenvalue weighted by molar-refractivity contribution is 6.42. The molecule has 0 amide bonds. The van der Waals surface area contributed by atoms with Crippen molar-refractivity contribution in [2.75, 3.05) is 13.1 Å². The van der Waals surface area contributed by atoms with E-state index < -0.39 is 0 Å². The Morgan fingerprint density at radius 1 is 1.05 bits per heavy atom. The van der Waals surface area contributed by atoms with Crippen LogP contribution in [0.2, 0.25) is 10.0 Å². The van der Waals surface area contributed by atoms with E-state index in [4.69, 9.17) is 28.9 Å². The highest BCUT2D eigenvalue weighted by atomic mass is 35.5. The maximum Gasteiger partial charge on any atom is 0.0595 e. The molecule has 2 N–H and O–H groups in total. The fourth-order valence-electron chi connectivity index (χ4n) is 2.93. The summed E-state index contributed by atoms with van der Waals surface area (Å²) >= 11 is 12.1. The van der Waals surface area contributed by atoms with Gasteiger partial charge < -0.3 is 5.73 Å². The first kappa shape index (κ1) is 14.9. The van der Waals surface area contributed by atoms with E-state index in [0.29, 0.717) is 10.0 Å². The Balaban J connectivity index is 1.74. The lowest BCUT2D eigenvalue weighted by atomic mass is 9.90. The van der Waals surface area contributed by atoms with Crippen molar-refractivity contribution in [3.05, 3.63) is 69.7 Å². The fourth-order valence-corrected chi connectivity index (χ4v) is 3.23. The van der Waals surface area contributed by atoms with Crippen LogP contribution in [0.15, 0.2) is 48.5 Å². The molecule has 0 aromatic heterocycles. The van der Waals surface area contributed by atoms with Crippen molar-refractivity contribution in [3.8, 4) is 0 Å². The van der Waals surface area contributed by atoms with Crippen molar-refractivity contribution >= 4 is 23.2 Å². The minimum atomic E-state index is -0.344. The largest absolute Gasteiger partial charge is 0.320 e. The second-order valence-electron chi connectivity index (χ2n) is 5.73. The first-order valence-corrected chi connectivity index (χ1v) is 7.83. The van der Waals surface area contributed by atoms with Gasteiger partial charge in [-0.1, -0.05) is 59.6 Å². The van der Waals surface area contributed by atoms with Crippen LogP contribution in [-0.2, 0) is 12.1 Å². The number of likely N-dealkylation sites (tertiary alicyclic amines) is 1. The molecule has 0 spiro atoms. The Hall–Kier alpha value is -1.06. The minimum absolute atomic E-state index is 0.344. The van der Waals surface area contributed by atoms with Gasteiger partial charge in [0.05, 0.1) is 15.6 Å². The molecular weight excluding hydrogens is 303 g/mol. The molecule has 1 heterocycles. The van der Waals surface area contributed by atoms with Crippen LogP contribution in [0.3, 0.4) is 0 Å². The Bertz CT molecular complexity index is 630. The maximum absolute atomic E-state index is 6.60. The molecule has 110 valence electrons. The van der Waals surface area contributed by atoms with E-state index in [2.05, 4.69) is 29.2 Å². The van der Waals surface area contributed by atoms with Crippen LogP contribution >= 0.6 is 23.2 Å². The number of benzene rings is 2. The molecule has 2 nitrogen and oxygen atoms in total. The van der Waals surface area contributed by atoms with Crippen LogP contribution in [0.1, 0.15) is 17.5 Å². The Kier molecular flexibility index (Phi) is 4.23. The number of halogens is 2. The van der Waals surface area contributed by atoms with Crippen molar-refractivity contribution in [1.82, 2.24) is 4.90 Å². The van der Waals surface area contributed by atoms with Gasteiger partial charge in [0.1, 0.15) is 0 Å². The first-order valence-electron chi connectivity index (χ1n) is 7.07. The number of nitrogens with zero attached hydrogens (tertiary/aromatic N) is 1. The molecule has 21 heavy (non-hydrogen) atoms. The van der Waals surface area contributed by atoms with Gasteiger partial charge in [-0.2, -0.15) is 0 Å². The van der Waals surface area contributed by atoms with Gasteiger partial charge in [0.25, 0.3) is 0 Å². The van der Waals surface area contributed by atoms with Gasteiger partial charge in [-0.15, -0.1) is 0 Å². The van der Waals surface area contributed by atoms with Gasteiger partial charge in [-0.3, -0.25) is 4.90 Å². The van der Waals surface area contributed by atoms with Crippen LogP contribution < -0.4 is 5.73 Å². The summed E-state index contributed by atoms with van der Waals surface area (Å²) in [4.78, 5) is 2.39. The number of rotatable bonds is 3. The highest BCUT2D eigenvalue weighted by Gasteiger charge is 2.36. The van der Waals surface area contributed by atoms with E-state index in [9.17, 15) is 0 Å². The van der Waals surface area contributed by atoms with Crippen LogP contribution in [0.5, 0.6) is 0 Å². The molecule has 1 aliphatic heterocycles. The zero-order chi connectivity index (χ0) is 14.9. The third kappa shape index (κ3) is 3.24. The lowest BCUT2D eigenvalue weighted by molar-refractivity contribution is 0.305. The molecule has 4 heteroatoms. The molecule has 0 aliphatic carbocycles. The molecule has 0 bridgehead atoms. The fraction of sp³-hybridized carbons (Fsp3) is 0.294. The molecule has 1 atom stereocenters. The van der Waals surface area contributed by atoms with E-state index in [1.807, 2.05) is 24.3 Å². The SMILES string of the molecule is NC1(c2ccc(Cl)c(Cl)c2)CCN(Cc2ccccc2)C1. The van der Waals surface area contributed by atoms with Crippen molar-refractivity contribution in [1.29, 1.82) is 0 Å². The molecule has 2 aromatic carbocycles. The number of hydrogen-bond acceptors (Lipinski definition) is 2. The Morgan fingerprint density at radius 3 is 2.52 bits per heavy atom. The van der Waals surface area contributed by atoms with Crippen LogP contribution in [0.25, 0.3) is 0 Å². The van der Waals surface area contributed by atoms with Crippen LogP contribution in [0.4, 0.5) is 0 Å². The third-order valence-electron chi connectivity index (χ3n) is 4.12.